The lowest BCUT2D eigenvalue weighted by Gasteiger charge is -2.37. The summed E-state index contributed by atoms with van der Waals surface area (Å²) in [6, 6.07) is 16.2. The van der Waals surface area contributed by atoms with Crippen LogP contribution in [0.3, 0.4) is 0 Å². The minimum absolute atomic E-state index is 0.840. The summed E-state index contributed by atoms with van der Waals surface area (Å²) in [7, 11) is 3.36. The molecule has 1 aliphatic heterocycles. The molecule has 1 aliphatic rings. The van der Waals surface area contributed by atoms with E-state index < -0.39 is 0 Å². The Balaban J connectivity index is 1.62. The normalized spacial score (nSPS) is 14.4. The molecule has 0 atom stereocenters. The summed E-state index contributed by atoms with van der Waals surface area (Å²) in [4.78, 5) is 5.54. The Labute approximate surface area is 148 Å². The summed E-state index contributed by atoms with van der Waals surface area (Å²) in [5, 5.41) is 0. The summed E-state index contributed by atoms with van der Waals surface area (Å²) < 4.78 is 10.5. The van der Waals surface area contributed by atoms with Gasteiger partial charge < -0.3 is 19.3 Å². The summed E-state index contributed by atoms with van der Waals surface area (Å²) in [5.41, 5.74) is 2.27. The van der Waals surface area contributed by atoms with Crippen LogP contribution in [0.25, 0.3) is 0 Å². The second kappa shape index (κ2) is 7.53. The predicted octanol–water partition coefficient (Wildman–Crippen LogP) is 3.20. The summed E-state index contributed by atoms with van der Waals surface area (Å²) in [5.74, 6) is 1.73. The van der Waals surface area contributed by atoms with Crippen LogP contribution in [0.4, 0.5) is 5.69 Å². The Hall–Kier alpha value is -2.27. The number of hydrogen-bond acceptors (Lipinski definition) is 4. The van der Waals surface area contributed by atoms with Gasteiger partial charge in [0.05, 0.1) is 14.2 Å². The fourth-order valence-corrected chi connectivity index (χ4v) is 3.21. The maximum absolute atomic E-state index is 5.67. The number of nitrogens with zero attached hydrogens (tertiary/aromatic N) is 2. The van der Waals surface area contributed by atoms with Gasteiger partial charge in [0.2, 0.25) is 0 Å². The molecular weight excluding hydrogens is 320 g/mol. The van der Waals surface area contributed by atoms with E-state index >= 15 is 0 Å². The summed E-state index contributed by atoms with van der Waals surface area (Å²) in [6.07, 6.45) is 0. The number of methoxy groups -OCH3 is 2. The molecule has 0 aliphatic carbocycles. The molecule has 2 aromatic rings. The van der Waals surface area contributed by atoms with Crippen molar-refractivity contribution >= 4 is 22.9 Å². The van der Waals surface area contributed by atoms with Gasteiger partial charge in [-0.05, 0) is 36.4 Å². The van der Waals surface area contributed by atoms with Gasteiger partial charge in [0, 0.05) is 37.4 Å². The number of piperazine rings is 1. The van der Waals surface area contributed by atoms with Crippen molar-refractivity contribution in [2.24, 2.45) is 0 Å². The molecule has 2 aromatic carbocycles. The first-order valence-corrected chi connectivity index (χ1v) is 8.44. The van der Waals surface area contributed by atoms with Crippen LogP contribution >= 0.6 is 12.2 Å². The van der Waals surface area contributed by atoms with Crippen LogP contribution in [-0.2, 0) is 0 Å². The molecule has 1 saturated heterocycles. The van der Waals surface area contributed by atoms with E-state index in [9.17, 15) is 0 Å². The fourth-order valence-electron chi connectivity index (χ4n) is 2.90. The Kier molecular flexibility index (Phi) is 5.20. The Morgan fingerprint density at radius 2 is 1.54 bits per heavy atom. The van der Waals surface area contributed by atoms with Gasteiger partial charge >= 0.3 is 0 Å². The summed E-state index contributed by atoms with van der Waals surface area (Å²) in [6.45, 7) is 3.75. The first-order chi connectivity index (χ1) is 11.7. The van der Waals surface area contributed by atoms with Crippen molar-refractivity contribution in [2.75, 3.05) is 45.3 Å². The number of thiocarbonyl (C=S) groups is 1. The van der Waals surface area contributed by atoms with Crippen molar-refractivity contribution in [2.45, 2.75) is 0 Å². The van der Waals surface area contributed by atoms with Gasteiger partial charge in [-0.25, -0.2) is 0 Å². The van der Waals surface area contributed by atoms with Crippen LogP contribution in [0.2, 0.25) is 0 Å². The van der Waals surface area contributed by atoms with E-state index in [0.717, 1.165) is 48.2 Å². The maximum atomic E-state index is 5.67. The van der Waals surface area contributed by atoms with Crippen molar-refractivity contribution in [3.05, 3.63) is 54.1 Å². The lowest BCUT2D eigenvalue weighted by atomic mass is 10.1. The van der Waals surface area contributed by atoms with Gasteiger partial charge in [-0.1, -0.05) is 24.4 Å². The molecule has 1 fully saturated rings. The predicted molar refractivity (Wildman–Crippen MR) is 101 cm³/mol. The molecule has 3 rings (SSSR count). The highest BCUT2D eigenvalue weighted by Crippen LogP contribution is 2.22. The maximum Gasteiger partial charge on any atom is 0.119 e. The third-order valence-electron chi connectivity index (χ3n) is 4.32. The minimum Gasteiger partial charge on any atom is -0.497 e. The average Bonchev–Trinajstić information content (AvgIpc) is 2.67. The van der Waals surface area contributed by atoms with E-state index in [-0.39, 0.29) is 0 Å². The second-order valence-corrected chi connectivity index (χ2v) is 6.10. The Bertz CT molecular complexity index is 695. The highest BCUT2D eigenvalue weighted by atomic mass is 32.1. The zero-order chi connectivity index (χ0) is 16.9. The van der Waals surface area contributed by atoms with E-state index in [0.29, 0.717) is 0 Å². The van der Waals surface area contributed by atoms with Crippen molar-refractivity contribution in [3.63, 3.8) is 0 Å². The van der Waals surface area contributed by atoms with E-state index in [1.165, 1.54) is 5.69 Å². The average molecular weight is 342 g/mol. The molecule has 0 unspecified atom stereocenters. The Morgan fingerprint density at radius 3 is 2.17 bits per heavy atom. The van der Waals surface area contributed by atoms with Gasteiger partial charge in [0.1, 0.15) is 16.5 Å². The third-order valence-corrected chi connectivity index (χ3v) is 4.82. The van der Waals surface area contributed by atoms with Crippen LogP contribution in [0.15, 0.2) is 48.5 Å². The number of hydrogen-bond donors (Lipinski definition) is 0. The SMILES string of the molecule is COc1ccc(N2CCN(C(=S)c3cccc(OC)c3)CC2)cc1. The van der Waals surface area contributed by atoms with E-state index in [1.807, 2.05) is 36.4 Å². The van der Waals surface area contributed by atoms with Gasteiger partial charge in [0.25, 0.3) is 0 Å². The lowest BCUT2D eigenvalue weighted by Crippen LogP contribution is -2.48. The monoisotopic (exact) mass is 342 g/mol. The quantitative estimate of drug-likeness (QED) is 0.795. The first-order valence-electron chi connectivity index (χ1n) is 8.03. The molecule has 0 saturated carbocycles. The van der Waals surface area contributed by atoms with Gasteiger partial charge in [-0.3, -0.25) is 0 Å². The van der Waals surface area contributed by atoms with Crippen molar-refractivity contribution in [1.82, 2.24) is 4.90 Å². The van der Waals surface area contributed by atoms with E-state index in [2.05, 4.69) is 21.9 Å². The fraction of sp³-hybridized carbons (Fsp3) is 0.316. The number of ether oxygens (including phenoxy) is 2. The molecule has 1 heterocycles. The largest absolute Gasteiger partial charge is 0.497 e. The number of anilines is 1. The summed E-state index contributed by atoms with van der Waals surface area (Å²) >= 11 is 5.67. The number of benzene rings is 2. The van der Waals surface area contributed by atoms with Crippen molar-refractivity contribution in [1.29, 1.82) is 0 Å². The van der Waals surface area contributed by atoms with Crippen LogP contribution < -0.4 is 14.4 Å². The molecule has 126 valence electrons. The Morgan fingerprint density at radius 1 is 0.875 bits per heavy atom. The molecular formula is C19H22N2O2S. The molecule has 0 radical (unpaired) electrons. The topological polar surface area (TPSA) is 24.9 Å². The first kappa shape index (κ1) is 16.6. The van der Waals surface area contributed by atoms with Crippen molar-refractivity contribution < 1.29 is 9.47 Å². The zero-order valence-electron chi connectivity index (χ0n) is 14.1. The minimum atomic E-state index is 0.840. The zero-order valence-corrected chi connectivity index (χ0v) is 14.9. The standard InChI is InChI=1S/C19H22N2O2S/c1-22-17-8-6-16(7-9-17)20-10-12-21(13-11-20)19(24)15-4-3-5-18(14-15)23-2/h3-9,14H,10-13H2,1-2H3. The molecule has 0 spiro atoms. The number of rotatable bonds is 4. The van der Waals surface area contributed by atoms with E-state index in [1.54, 1.807) is 14.2 Å². The molecule has 4 nitrogen and oxygen atoms in total. The lowest BCUT2D eigenvalue weighted by molar-refractivity contribution is 0.391. The molecule has 0 aromatic heterocycles. The molecule has 0 N–H and O–H groups in total. The third kappa shape index (κ3) is 3.62. The highest BCUT2D eigenvalue weighted by Gasteiger charge is 2.20. The smallest absolute Gasteiger partial charge is 0.119 e. The van der Waals surface area contributed by atoms with Gasteiger partial charge in [-0.15, -0.1) is 0 Å². The van der Waals surface area contributed by atoms with Crippen LogP contribution in [0.5, 0.6) is 11.5 Å². The second-order valence-electron chi connectivity index (χ2n) is 5.71. The molecule has 5 heteroatoms. The highest BCUT2D eigenvalue weighted by molar-refractivity contribution is 7.80. The molecule has 24 heavy (non-hydrogen) atoms. The molecule has 0 bridgehead atoms. The van der Waals surface area contributed by atoms with Crippen molar-refractivity contribution in [3.8, 4) is 11.5 Å². The van der Waals surface area contributed by atoms with Crippen LogP contribution in [-0.4, -0.2) is 50.3 Å². The molecule has 0 amide bonds. The van der Waals surface area contributed by atoms with Crippen LogP contribution in [0.1, 0.15) is 5.56 Å². The van der Waals surface area contributed by atoms with Gasteiger partial charge in [0.15, 0.2) is 0 Å². The van der Waals surface area contributed by atoms with Crippen LogP contribution in [0, 0.1) is 0 Å². The van der Waals surface area contributed by atoms with E-state index in [4.69, 9.17) is 21.7 Å². The van der Waals surface area contributed by atoms with Gasteiger partial charge in [-0.2, -0.15) is 0 Å².